The Morgan fingerprint density at radius 1 is 2.00 bits per heavy atom. The Balaban J connectivity index is -0.0000000267. The van der Waals surface area contributed by atoms with Crippen molar-refractivity contribution in [3.63, 3.8) is 0 Å². The van der Waals surface area contributed by atoms with Crippen molar-refractivity contribution >= 4 is 55.5 Å². The van der Waals surface area contributed by atoms with Crippen LogP contribution in [0.2, 0.25) is 0 Å². The van der Waals surface area contributed by atoms with Crippen molar-refractivity contribution in [3.05, 3.63) is 0 Å². The fraction of sp³-hybridized carbons (Fsp3) is 0. The molecule has 6 heteroatoms. The van der Waals surface area contributed by atoms with Crippen LogP contribution in [0.4, 0.5) is 0 Å². The van der Waals surface area contributed by atoms with Crippen molar-refractivity contribution in [2.24, 2.45) is 0 Å². The zero-order valence-electron chi connectivity index (χ0n) is 5.00. The molecular weight excluding hydrogens is 150 g/mol. The first-order valence-electron chi connectivity index (χ1n) is 0.801. The van der Waals surface area contributed by atoms with E-state index in [1.54, 1.807) is 9.47 Å². The van der Waals surface area contributed by atoms with Gasteiger partial charge < -0.3 is 2.85 Å². The van der Waals surface area contributed by atoms with Crippen molar-refractivity contribution in [1.82, 2.24) is 0 Å². The Morgan fingerprint density at radius 2 is 2.17 bits per heavy atom. The van der Waals surface area contributed by atoms with Crippen LogP contribution in [-0.4, -0.2) is 42.6 Å². The van der Waals surface area contributed by atoms with Crippen molar-refractivity contribution in [3.8, 4) is 0 Å². The van der Waals surface area contributed by atoms with Gasteiger partial charge in [-0.05, 0) is 0 Å². The van der Waals surface area contributed by atoms with Gasteiger partial charge in [0.05, 0.1) is 9.47 Å². The van der Waals surface area contributed by atoms with E-state index in [0.29, 0.717) is 0 Å². The second-order valence-corrected chi connectivity index (χ2v) is 1.66. The van der Waals surface area contributed by atoms with Gasteiger partial charge in [-0.3, -0.25) is 0 Å². The van der Waals surface area contributed by atoms with E-state index in [4.69, 9.17) is 4.89 Å². The van der Waals surface area contributed by atoms with Crippen molar-refractivity contribution in [2.45, 2.75) is 0 Å². The van der Waals surface area contributed by atoms with Crippen LogP contribution in [0.15, 0.2) is 0 Å². The molecule has 2 atom stereocenters. The topological polar surface area (TPSA) is 46.5 Å². The summed E-state index contributed by atoms with van der Waals surface area (Å²) >= 11 is 0. The molecule has 0 radical (unpaired) electrons. The van der Waals surface area contributed by atoms with E-state index >= 15 is 0 Å². The minimum atomic E-state index is -2.39. The van der Waals surface area contributed by atoms with Gasteiger partial charge in [-0.25, -0.2) is 0 Å². The van der Waals surface area contributed by atoms with Gasteiger partial charge in [0.25, 0.3) is 0 Å². The van der Waals surface area contributed by atoms with Crippen LogP contribution in [-0.2, 0) is 8.88 Å². The SMILES string of the molecule is O=[P+](O)OP.[Ca+2].[H-].[H-]. The van der Waals surface area contributed by atoms with E-state index in [2.05, 4.69) is 4.31 Å². The van der Waals surface area contributed by atoms with E-state index < -0.39 is 8.25 Å². The first-order chi connectivity index (χ1) is 2.27. The predicted molar refractivity (Wildman–Crippen MR) is 28.6 cm³/mol. The van der Waals surface area contributed by atoms with E-state index in [1.807, 2.05) is 0 Å². The van der Waals surface area contributed by atoms with Gasteiger partial charge in [0.15, 0.2) is 0 Å². The average molecular weight is 155 g/mol. The maximum atomic E-state index is 9.27. The monoisotopic (exact) mass is 155 g/mol. The van der Waals surface area contributed by atoms with Crippen LogP contribution in [0.3, 0.4) is 0 Å². The molecule has 0 fully saturated rings. The molecule has 3 nitrogen and oxygen atoms in total. The summed E-state index contributed by atoms with van der Waals surface area (Å²) in [7, 11) is -0.725. The zero-order chi connectivity index (χ0) is 4.28. The normalized spacial score (nSPS) is 9.33. The minimum Gasteiger partial charge on any atom is -1.00 e. The van der Waals surface area contributed by atoms with Crippen LogP contribution < -0.4 is 0 Å². The third kappa shape index (κ3) is 9.20. The van der Waals surface area contributed by atoms with Crippen molar-refractivity contribution < 1.29 is 16.6 Å². The predicted octanol–water partition coefficient (Wildman–Crippen LogP) is 0.287. The summed E-state index contributed by atoms with van der Waals surface area (Å²) in [6, 6.07) is 0. The van der Waals surface area contributed by atoms with Crippen LogP contribution in [0.5, 0.6) is 0 Å². The maximum absolute atomic E-state index is 9.27. The molecule has 0 aromatic heterocycles. The Bertz CT molecular complexity index is 50.5. The van der Waals surface area contributed by atoms with E-state index in [9.17, 15) is 4.57 Å². The Hall–Kier alpha value is 1.71. The first-order valence-corrected chi connectivity index (χ1v) is 2.40. The second-order valence-electron chi connectivity index (χ2n) is 0.343. The molecule has 2 unspecified atom stereocenters. The van der Waals surface area contributed by atoms with Gasteiger partial charge in [-0.1, -0.05) is 0 Å². The van der Waals surface area contributed by atoms with Gasteiger partial charge in [-0.2, -0.15) is 0 Å². The Labute approximate surface area is 71.7 Å². The fourth-order valence-corrected chi connectivity index (χ4v) is 0. The molecule has 6 heavy (non-hydrogen) atoms. The van der Waals surface area contributed by atoms with Gasteiger partial charge in [0.1, 0.15) is 0 Å². The smallest absolute Gasteiger partial charge is 1.00 e. The summed E-state index contributed by atoms with van der Waals surface area (Å²) < 4.78 is 13.0. The summed E-state index contributed by atoms with van der Waals surface area (Å²) in [6.45, 7) is 0. The molecule has 0 spiro atoms. The summed E-state index contributed by atoms with van der Waals surface area (Å²) in [5, 5.41) is 0. The molecule has 0 heterocycles. The van der Waals surface area contributed by atoms with E-state index in [-0.39, 0.29) is 40.6 Å². The number of rotatable bonds is 1. The molecule has 0 amide bonds. The quantitative estimate of drug-likeness (QED) is 0.437. The van der Waals surface area contributed by atoms with E-state index in [1.165, 1.54) is 0 Å². The minimum absolute atomic E-state index is 0. The van der Waals surface area contributed by atoms with Crippen LogP contribution >= 0.6 is 17.7 Å². The number of hydrogen-bond donors (Lipinski definition) is 1. The van der Waals surface area contributed by atoms with Crippen molar-refractivity contribution in [1.29, 1.82) is 0 Å². The van der Waals surface area contributed by atoms with Crippen LogP contribution in [0.1, 0.15) is 2.85 Å². The van der Waals surface area contributed by atoms with E-state index in [0.717, 1.165) is 0 Å². The maximum Gasteiger partial charge on any atom is 2.00 e. The standard InChI is InChI=1S/Ca.H2O3P2.2H/c;1-5(2)3-4;;/h;4H2;;/q+2;;2*-1/p+1. The van der Waals surface area contributed by atoms with Gasteiger partial charge in [-0.15, -0.1) is 9.20 Å². The summed E-state index contributed by atoms with van der Waals surface area (Å²) in [6.07, 6.45) is 0. The largest absolute Gasteiger partial charge is 2.00 e. The van der Waals surface area contributed by atoms with Crippen LogP contribution in [0.25, 0.3) is 0 Å². The molecule has 0 aliphatic rings. The third-order valence-corrected chi connectivity index (χ3v) is 0.812. The molecule has 0 saturated carbocycles. The molecule has 0 rings (SSSR count). The Morgan fingerprint density at radius 3 is 2.17 bits per heavy atom. The molecule has 1 N–H and O–H groups in total. The molecule has 0 aliphatic carbocycles. The van der Waals surface area contributed by atoms with Crippen LogP contribution in [0, 0.1) is 0 Å². The first kappa shape index (κ1) is 10.6. The molecule has 0 aliphatic heterocycles. The van der Waals surface area contributed by atoms with Gasteiger partial charge in [0, 0.05) is 4.57 Å². The molecule has 0 saturated heterocycles. The van der Waals surface area contributed by atoms with Crippen molar-refractivity contribution in [2.75, 3.05) is 0 Å². The van der Waals surface area contributed by atoms with Gasteiger partial charge in [0.2, 0.25) is 0 Å². The number of hydrogen-bond acceptors (Lipinski definition) is 2. The summed E-state index contributed by atoms with van der Waals surface area (Å²) in [5.74, 6) is 0. The summed E-state index contributed by atoms with van der Waals surface area (Å²) in [5.41, 5.74) is 0. The third-order valence-electron chi connectivity index (χ3n) is 0.0902. The molecule has 0 aromatic rings. The molecule has 34 valence electrons. The Kier molecular flexibility index (Phi) is 11.9. The van der Waals surface area contributed by atoms with Gasteiger partial charge >= 0.3 is 46.0 Å². The fourth-order valence-electron chi connectivity index (χ4n) is 0. The zero-order valence-corrected chi connectivity index (χ0v) is 7.25. The summed E-state index contributed by atoms with van der Waals surface area (Å²) in [4.78, 5) is 7.63. The molecular formula is H5CaO3P2+. The molecule has 0 aromatic carbocycles. The molecule has 0 bridgehead atoms. The average Bonchev–Trinajstić information content (AvgIpc) is 1.38. The second kappa shape index (κ2) is 6.71.